The van der Waals surface area contributed by atoms with Crippen molar-refractivity contribution in [2.75, 3.05) is 18.0 Å². The van der Waals surface area contributed by atoms with Crippen LogP contribution in [-0.4, -0.2) is 13.1 Å². The standard InChI is InChI=1S/C18H33N2.BrH/c1-6-8-12-20(13-9-7-2)17-10-14-19(15-11-17)16-18(3,4)5;/h10-11,14-15H,6-9,12-13,16H2,1-5H3;1H/q+1;/p-1. The van der Waals surface area contributed by atoms with Crippen LogP contribution in [0.15, 0.2) is 24.5 Å². The third-order valence-electron chi connectivity index (χ3n) is 3.46. The Labute approximate surface area is 142 Å². The number of rotatable bonds is 8. The van der Waals surface area contributed by atoms with Crippen molar-refractivity contribution in [1.82, 2.24) is 0 Å². The predicted molar refractivity (Wildman–Crippen MR) is 88.1 cm³/mol. The average Bonchev–Trinajstić information content (AvgIpc) is 2.38. The minimum Gasteiger partial charge on any atom is -1.00 e. The Bertz CT molecular complexity index is 360. The summed E-state index contributed by atoms with van der Waals surface area (Å²) < 4.78 is 2.29. The van der Waals surface area contributed by atoms with Crippen molar-refractivity contribution in [3.63, 3.8) is 0 Å². The van der Waals surface area contributed by atoms with E-state index in [4.69, 9.17) is 0 Å². The number of halogens is 1. The normalized spacial score (nSPS) is 11.1. The summed E-state index contributed by atoms with van der Waals surface area (Å²) in [4.78, 5) is 2.54. The summed E-state index contributed by atoms with van der Waals surface area (Å²) in [6, 6.07) is 4.55. The molecule has 0 amide bonds. The van der Waals surface area contributed by atoms with Gasteiger partial charge in [0.15, 0.2) is 18.9 Å². The van der Waals surface area contributed by atoms with Crippen LogP contribution in [0.3, 0.4) is 0 Å². The van der Waals surface area contributed by atoms with E-state index in [-0.39, 0.29) is 17.0 Å². The van der Waals surface area contributed by atoms with Gasteiger partial charge in [0.1, 0.15) is 0 Å². The van der Waals surface area contributed by atoms with Crippen LogP contribution in [-0.2, 0) is 6.54 Å². The molecule has 0 atom stereocenters. The van der Waals surface area contributed by atoms with Gasteiger partial charge in [-0.2, -0.15) is 0 Å². The molecule has 0 saturated carbocycles. The number of nitrogens with zero attached hydrogens (tertiary/aromatic N) is 2. The molecular weight excluding hydrogens is 324 g/mol. The summed E-state index contributed by atoms with van der Waals surface area (Å²) in [5.41, 5.74) is 1.70. The first-order valence-corrected chi connectivity index (χ1v) is 8.20. The van der Waals surface area contributed by atoms with Crippen molar-refractivity contribution in [3.05, 3.63) is 24.5 Å². The molecule has 0 aliphatic rings. The summed E-state index contributed by atoms with van der Waals surface area (Å²) in [6.07, 6.45) is 9.54. The molecule has 2 nitrogen and oxygen atoms in total. The maximum atomic E-state index is 2.54. The predicted octanol–water partition coefficient (Wildman–Crippen LogP) is 1.43. The van der Waals surface area contributed by atoms with E-state index >= 15 is 0 Å². The molecule has 1 rings (SSSR count). The van der Waals surface area contributed by atoms with Crippen molar-refractivity contribution in [1.29, 1.82) is 0 Å². The Kier molecular flexibility index (Phi) is 9.93. The molecule has 0 aromatic carbocycles. The minimum atomic E-state index is 0. The number of anilines is 1. The van der Waals surface area contributed by atoms with Crippen molar-refractivity contribution < 1.29 is 21.5 Å². The lowest BCUT2D eigenvalue weighted by Gasteiger charge is -2.24. The minimum absolute atomic E-state index is 0. The molecule has 21 heavy (non-hydrogen) atoms. The monoisotopic (exact) mass is 356 g/mol. The molecule has 0 saturated heterocycles. The lowest BCUT2D eigenvalue weighted by atomic mass is 9.97. The van der Waals surface area contributed by atoms with Gasteiger partial charge in [-0.1, -0.05) is 47.5 Å². The molecule has 1 aromatic rings. The molecule has 0 spiro atoms. The summed E-state index contributed by atoms with van der Waals surface area (Å²) >= 11 is 0. The van der Waals surface area contributed by atoms with Gasteiger partial charge in [0.25, 0.3) is 0 Å². The molecule has 0 bridgehead atoms. The lowest BCUT2D eigenvalue weighted by molar-refractivity contribution is -0.708. The molecule has 1 heterocycles. The van der Waals surface area contributed by atoms with Crippen molar-refractivity contribution in [2.45, 2.75) is 66.8 Å². The topological polar surface area (TPSA) is 7.12 Å². The summed E-state index contributed by atoms with van der Waals surface area (Å²) in [6.45, 7) is 14.8. The van der Waals surface area contributed by atoms with Gasteiger partial charge in [-0.25, -0.2) is 4.57 Å². The SMILES string of the molecule is CCCCN(CCCC)c1cc[n+](CC(C)(C)C)cc1.[Br-]. The fourth-order valence-corrected chi connectivity index (χ4v) is 2.38. The molecule has 0 radical (unpaired) electrons. The zero-order valence-corrected chi connectivity index (χ0v) is 16.1. The van der Waals surface area contributed by atoms with E-state index in [1.54, 1.807) is 0 Å². The van der Waals surface area contributed by atoms with E-state index in [1.807, 2.05) is 0 Å². The highest BCUT2D eigenvalue weighted by Crippen LogP contribution is 2.16. The van der Waals surface area contributed by atoms with E-state index in [0.29, 0.717) is 5.41 Å². The molecular formula is C18H33BrN2. The van der Waals surface area contributed by atoms with Crippen LogP contribution in [0.5, 0.6) is 0 Å². The van der Waals surface area contributed by atoms with Gasteiger partial charge in [-0.05, 0) is 12.8 Å². The Morgan fingerprint density at radius 1 is 0.952 bits per heavy atom. The van der Waals surface area contributed by atoms with Gasteiger partial charge in [-0.3, -0.25) is 0 Å². The van der Waals surface area contributed by atoms with E-state index < -0.39 is 0 Å². The Morgan fingerprint density at radius 3 is 1.81 bits per heavy atom. The summed E-state index contributed by atoms with van der Waals surface area (Å²) in [5.74, 6) is 0. The van der Waals surface area contributed by atoms with Gasteiger partial charge in [0.2, 0.25) is 0 Å². The largest absolute Gasteiger partial charge is 1.00 e. The highest BCUT2D eigenvalue weighted by atomic mass is 79.9. The fraction of sp³-hybridized carbons (Fsp3) is 0.722. The van der Waals surface area contributed by atoms with Crippen LogP contribution >= 0.6 is 0 Å². The van der Waals surface area contributed by atoms with E-state index in [0.717, 1.165) is 6.54 Å². The Balaban J connectivity index is 0.00000400. The molecule has 0 aliphatic heterocycles. The van der Waals surface area contributed by atoms with Crippen LogP contribution in [0.1, 0.15) is 60.3 Å². The molecule has 0 aliphatic carbocycles. The average molecular weight is 357 g/mol. The first-order valence-electron chi connectivity index (χ1n) is 8.20. The smallest absolute Gasteiger partial charge is 0.170 e. The van der Waals surface area contributed by atoms with E-state index in [9.17, 15) is 0 Å². The molecule has 122 valence electrons. The first kappa shape index (κ1) is 20.4. The third-order valence-corrected chi connectivity index (χ3v) is 3.46. The van der Waals surface area contributed by atoms with Gasteiger partial charge in [-0.15, -0.1) is 0 Å². The Hall–Kier alpha value is -0.570. The van der Waals surface area contributed by atoms with Gasteiger partial charge < -0.3 is 21.9 Å². The van der Waals surface area contributed by atoms with Crippen molar-refractivity contribution in [2.24, 2.45) is 5.41 Å². The third kappa shape index (κ3) is 8.45. The van der Waals surface area contributed by atoms with Crippen LogP contribution in [0.2, 0.25) is 0 Å². The lowest BCUT2D eigenvalue weighted by Crippen LogP contribution is -3.00. The summed E-state index contributed by atoms with van der Waals surface area (Å²) in [7, 11) is 0. The van der Waals surface area contributed by atoms with Crippen LogP contribution in [0, 0.1) is 5.41 Å². The van der Waals surface area contributed by atoms with Gasteiger partial charge >= 0.3 is 0 Å². The zero-order chi connectivity index (χ0) is 15.0. The van der Waals surface area contributed by atoms with Gasteiger partial charge in [0, 0.05) is 36.3 Å². The number of pyridine rings is 1. The van der Waals surface area contributed by atoms with E-state index in [1.165, 1.54) is 44.5 Å². The second-order valence-electron chi connectivity index (χ2n) is 6.98. The second kappa shape index (κ2) is 10.2. The maximum Gasteiger partial charge on any atom is 0.170 e. The first-order chi connectivity index (χ1) is 9.46. The second-order valence-corrected chi connectivity index (χ2v) is 6.98. The number of hydrogen-bond acceptors (Lipinski definition) is 1. The van der Waals surface area contributed by atoms with Crippen LogP contribution in [0.25, 0.3) is 0 Å². The number of hydrogen-bond donors (Lipinski definition) is 0. The summed E-state index contributed by atoms with van der Waals surface area (Å²) in [5, 5.41) is 0. The van der Waals surface area contributed by atoms with E-state index in [2.05, 4.69) is 68.6 Å². The molecule has 0 N–H and O–H groups in total. The highest BCUT2D eigenvalue weighted by Gasteiger charge is 2.17. The van der Waals surface area contributed by atoms with Crippen molar-refractivity contribution in [3.8, 4) is 0 Å². The Morgan fingerprint density at radius 2 is 1.43 bits per heavy atom. The van der Waals surface area contributed by atoms with Crippen LogP contribution in [0.4, 0.5) is 5.69 Å². The molecule has 0 unspecified atom stereocenters. The van der Waals surface area contributed by atoms with Crippen LogP contribution < -0.4 is 26.4 Å². The quantitative estimate of drug-likeness (QED) is 0.639. The zero-order valence-electron chi connectivity index (χ0n) is 14.5. The molecule has 0 fully saturated rings. The maximum absolute atomic E-state index is 2.54. The number of aromatic nitrogens is 1. The molecule has 1 aromatic heterocycles. The highest BCUT2D eigenvalue weighted by molar-refractivity contribution is 5.43. The number of unbranched alkanes of at least 4 members (excludes halogenated alkanes) is 2. The fourth-order valence-electron chi connectivity index (χ4n) is 2.38. The van der Waals surface area contributed by atoms with Crippen molar-refractivity contribution >= 4 is 5.69 Å². The van der Waals surface area contributed by atoms with Gasteiger partial charge in [0.05, 0.1) is 0 Å². The molecule has 3 heteroatoms.